The lowest BCUT2D eigenvalue weighted by molar-refractivity contribution is -0.240. The number of ether oxygens (including phenoxy) is 3. The molecule has 9 nitrogen and oxygen atoms in total. The molecule has 0 amide bonds. The Hall–Kier alpha value is -2.26. The van der Waals surface area contributed by atoms with Crippen LogP contribution in [-0.4, -0.2) is 66.5 Å². The van der Waals surface area contributed by atoms with E-state index in [0.717, 1.165) is 13.1 Å². The van der Waals surface area contributed by atoms with Gasteiger partial charge in [0, 0.05) is 38.3 Å². The molecular formula is C17H22N4O5. The fourth-order valence-corrected chi connectivity index (χ4v) is 3.48. The van der Waals surface area contributed by atoms with Gasteiger partial charge in [0.25, 0.3) is 0 Å². The first-order valence-electron chi connectivity index (χ1n) is 8.91. The van der Waals surface area contributed by atoms with Crippen molar-refractivity contribution in [3.63, 3.8) is 0 Å². The summed E-state index contributed by atoms with van der Waals surface area (Å²) in [4.78, 5) is 28.1. The molecule has 3 aliphatic heterocycles. The Bertz CT molecular complexity index is 675. The highest BCUT2D eigenvalue weighted by Crippen LogP contribution is 2.35. The maximum absolute atomic E-state index is 12.0. The third-order valence-corrected chi connectivity index (χ3v) is 4.97. The molecular weight excluding hydrogens is 340 g/mol. The number of carbonyl (C=O) groups excluding carboxylic acids is 1. The Balaban J connectivity index is 1.39. The number of oxime groups is 1. The van der Waals surface area contributed by atoms with Crippen LogP contribution in [0.4, 0.5) is 5.95 Å². The van der Waals surface area contributed by atoms with Crippen LogP contribution in [0.25, 0.3) is 0 Å². The lowest BCUT2D eigenvalue weighted by atomic mass is 9.99. The maximum Gasteiger partial charge on any atom is 0.356 e. The number of nitrogens with zero attached hydrogens (tertiary/aromatic N) is 4. The van der Waals surface area contributed by atoms with Crippen LogP contribution in [-0.2, 0) is 23.8 Å². The van der Waals surface area contributed by atoms with Crippen molar-refractivity contribution < 1.29 is 23.8 Å². The van der Waals surface area contributed by atoms with Crippen molar-refractivity contribution in [3.8, 4) is 0 Å². The Morgan fingerprint density at radius 1 is 1.27 bits per heavy atom. The zero-order valence-electron chi connectivity index (χ0n) is 14.7. The van der Waals surface area contributed by atoms with Crippen LogP contribution in [0.15, 0.2) is 23.6 Å². The largest absolute Gasteiger partial charge is 0.461 e. The summed E-state index contributed by atoms with van der Waals surface area (Å²) in [5, 5.41) is 3.88. The molecule has 26 heavy (non-hydrogen) atoms. The van der Waals surface area contributed by atoms with Gasteiger partial charge in [-0.2, -0.15) is 0 Å². The van der Waals surface area contributed by atoms with Crippen molar-refractivity contribution >= 4 is 17.6 Å². The Kier molecular flexibility index (Phi) is 4.73. The third-order valence-electron chi connectivity index (χ3n) is 4.97. The molecule has 2 fully saturated rings. The van der Waals surface area contributed by atoms with Gasteiger partial charge in [-0.1, -0.05) is 5.16 Å². The van der Waals surface area contributed by atoms with Gasteiger partial charge in [0.15, 0.2) is 17.6 Å². The highest BCUT2D eigenvalue weighted by molar-refractivity contribution is 6.37. The molecule has 2 saturated heterocycles. The van der Waals surface area contributed by atoms with E-state index in [1.54, 1.807) is 25.4 Å². The van der Waals surface area contributed by atoms with Gasteiger partial charge in [-0.05, 0) is 13.0 Å². The van der Waals surface area contributed by atoms with Crippen LogP contribution in [0, 0.1) is 5.92 Å². The maximum atomic E-state index is 12.0. The van der Waals surface area contributed by atoms with E-state index < -0.39 is 11.8 Å². The molecule has 0 aromatic carbocycles. The Labute approximate surface area is 151 Å². The number of rotatable bonds is 3. The van der Waals surface area contributed by atoms with Gasteiger partial charge < -0.3 is 23.9 Å². The highest BCUT2D eigenvalue weighted by atomic mass is 16.7. The standard InChI is InChI=1S/C17H22N4O5/c1-2-23-15(22)14-12-10-24-17(25-11-13(12)26-20-14)4-8-21(9-5-17)16-18-6-3-7-19-16/h3,6-7,12-13H,2,4-5,8-11H2,1H3/t12-,13+/m0/s1. The molecule has 1 spiro atoms. The zero-order valence-corrected chi connectivity index (χ0v) is 14.7. The molecule has 140 valence electrons. The van der Waals surface area contributed by atoms with Crippen LogP contribution in [0.3, 0.4) is 0 Å². The van der Waals surface area contributed by atoms with Crippen molar-refractivity contribution in [3.05, 3.63) is 18.5 Å². The van der Waals surface area contributed by atoms with Gasteiger partial charge in [0.2, 0.25) is 5.95 Å². The van der Waals surface area contributed by atoms with E-state index in [2.05, 4.69) is 20.0 Å². The molecule has 0 bridgehead atoms. The first-order valence-corrected chi connectivity index (χ1v) is 8.91. The van der Waals surface area contributed by atoms with Gasteiger partial charge in [-0.25, -0.2) is 14.8 Å². The van der Waals surface area contributed by atoms with E-state index >= 15 is 0 Å². The summed E-state index contributed by atoms with van der Waals surface area (Å²) in [7, 11) is 0. The summed E-state index contributed by atoms with van der Waals surface area (Å²) < 4.78 is 17.3. The SMILES string of the molecule is CCOC(=O)C1=NO[C@@H]2COC3(CCN(c4ncccn4)CC3)OC[C@H]12. The molecule has 0 N–H and O–H groups in total. The molecule has 1 aromatic rings. The van der Waals surface area contributed by atoms with Gasteiger partial charge >= 0.3 is 5.97 Å². The first kappa shape index (κ1) is 17.2. The van der Waals surface area contributed by atoms with Gasteiger partial charge in [0.1, 0.15) is 0 Å². The lowest BCUT2D eigenvalue weighted by Gasteiger charge is -2.40. The van der Waals surface area contributed by atoms with Crippen molar-refractivity contribution in [2.45, 2.75) is 31.7 Å². The van der Waals surface area contributed by atoms with Crippen LogP contribution in [0.1, 0.15) is 19.8 Å². The number of hydrogen-bond acceptors (Lipinski definition) is 9. The van der Waals surface area contributed by atoms with Crippen molar-refractivity contribution in [2.24, 2.45) is 11.1 Å². The van der Waals surface area contributed by atoms with E-state index in [1.807, 2.05) is 0 Å². The second kappa shape index (κ2) is 7.16. The number of carbonyl (C=O) groups is 1. The Morgan fingerprint density at radius 3 is 2.73 bits per heavy atom. The molecule has 0 radical (unpaired) electrons. The number of hydrogen-bond donors (Lipinski definition) is 0. The lowest BCUT2D eigenvalue weighted by Crippen LogP contribution is -2.48. The molecule has 0 aliphatic carbocycles. The van der Waals surface area contributed by atoms with E-state index in [9.17, 15) is 4.79 Å². The fraction of sp³-hybridized carbons (Fsp3) is 0.647. The van der Waals surface area contributed by atoms with Crippen LogP contribution in [0.2, 0.25) is 0 Å². The average Bonchev–Trinajstić information content (AvgIpc) is 3.02. The third kappa shape index (κ3) is 3.24. The number of esters is 1. The molecule has 3 aliphatic rings. The van der Waals surface area contributed by atoms with Crippen molar-refractivity contribution in [1.82, 2.24) is 9.97 Å². The summed E-state index contributed by atoms with van der Waals surface area (Å²) in [5.74, 6) is -0.661. The summed E-state index contributed by atoms with van der Waals surface area (Å²) in [6.45, 7) is 4.19. The average molecular weight is 362 g/mol. The number of anilines is 1. The van der Waals surface area contributed by atoms with Gasteiger partial charge in [0.05, 0.1) is 25.7 Å². The minimum absolute atomic E-state index is 0.260. The topological polar surface area (TPSA) is 95.4 Å². The summed E-state index contributed by atoms with van der Waals surface area (Å²) >= 11 is 0. The normalized spacial score (nSPS) is 27.3. The first-order chi connectivity index (χ1) is 12.7. The Morgan fingerprint density at radius 2 is 2.00 bits per heavy atom. The van der Waals surface area contributed by atoms with Crippen molar-refractivity contribution in [2.75, 3.05) is 37.8 Å². The smallest absolute Gasteiger partial charge is 0.356 e. The van der Waals surface area contributed by atoms with Gasteiger partial charge in [-0.15, -0.1) is 0 Å². The van der Waals surface area contributed by atoms with Gasteiger partial charge in [-0.3, -0.25) is 0 Å². The second-order valence-electron chi connectivity index (χ2n) is 6.52. The number of piperidine rings is 1. The quantitative estimate of drug-likeness (QED) is 0.727. The van der Waals surface area contributed by atoms with Crippen LogP contribution < -0.4 is 4.90 Å². The van der Waals surface area contributed by atoms with E-state index in [1.165, 1.54) is 0 Å². The minimum Gasteiger partial charge on any atom is -0.461 e. The van der Waals surface area contributed by atoms with E-state index in [-0.39, 0.29) is 17.7 Å². The molecule has 4 rings (SSSR count). The predicted octanol–water partition coefficient (Wildman–Crippen LogP) is 0.754. The van der Waals surface area contributed by atoms with Crippen LogP contribution >= 0.6 is 0 Å². The van der Waals surface area contributed by atoms with Crippen LogP contribution in [0.5, 0.6) is 0 Å². The van der Waals surface area contributed by atoms with E-state index in [0.29, 0.717) is 38.6 Å². The second-order valence-corrected chi connectivity index (χ2v) is 6.52. The monoisotopic (exact) mass is 362 g/mol. The summed E-state index contributed by atoms with van der Waals surface area (Å²) in [6.07, 6.45) is 4.54. The molecule has 0 unspecified atom stereocenters. The molecule has 0 saturated carbocycles. The minimum atomic E-state index is -0.668. The number of aromatic nitrogens is 2. The van der Waals surface area contributed by atoms with Crippen molar-refractivity contribution in [1.29, 1.82) is 0 Å². The highest BCUT2D eigenvalue weighted by Gasteiger charge is 2.47. The molecule has 1 aromatic heterocycles. The van der Waals surface area contributed by atoms with E-state index in [4.69, 9.17) is 19.0 Å². The predicted molar refractivity (Wildman–Crippen MR) is 90.5 cm³/mol. The molecule has 2 atom stereocenters. The molecule has 9 heteroatoms. The number of fused-ring (bicyclic) bond motifs is 1. The summed E-state index contributed by atoms with van der Waals surface area (Å²) in [6, 6.07) is 1.80. The fourth-order valence-electron chi connectivity index (χ4n) is 3.48. The summed E-state index contributed by atoms with van der Waals surface area (Å²) in [5.41, 5.74) is 0.285. The zero-order chi connectivity index (χ0) is 18.0. The molecule has 4 heterocycles.